The number of pyridine rings is 1. The molecule has 20 heavy (non-hydrogen) atoms. The van der Waals surface area contributed by atoms with Crippen molar-refractivity contribution in [1.29, 1.82) is 0 Å². The van der Waals surface area contributed by atoms with E-state index in [0.717, 1.165) is 12.8 Å². The maximum absolute atomic E-state index is 12.5. The van der Waals surface area contributed by atoms with E-state index in [0.29, 0.717) is 18.9 Å². The van der Waals surface area contributed by atoms with Gasteiger partial charge in [-0.1, -0.05) is 13.3 Å². The normalized spacial score (nSPS) is 22.6. The number of rotatable bonds is 3. The molecule has 1 amide bonds. The van der Waals surface area contributed by atoms with Crippen molar-refractivity contribution in [3.8, 4) is 0 Å². The Morgan fingerprint density at radius 2 is 2.30 bits per heavy atom. The van der Waals surface area contributed by atoms with Gasteiger partial charge >= 0.3 is 5.97 Å². The number of carboxylic acids is 1. The van der Waals surface area contributed by atoms with Crippen LogP contribution < -0.4 is 5.73 Å². The average molecular weight is 277 g/mol. The zero-order valence-electron chi connectivity index (χ0n) is 11.5. The lowest BCUT2D eigenvalue weighted by atomic mass is 9.88. The van der Waals surface area contributed by atoms with Gasteiger partial charge in [0.2, 0.25) is 0 Å². The van der Waals surface area contributed by atoms with Gasteiger partial charge in [-0.15, -0.1) is 0 Å². The predicted octanol–water partition coefficient (Wildman–Crippen LogP) is 1.38. The molecule has 2 rings (SSSR count). The van der Waals surface area contributed by atoms with Gasteiger partial charge in [-0.2, -0.15) is 0 Å². The number of aliphatic carboxylic acids is 1. The number of carbonyl (C=O) groups is 2. The minimum atomic E-state index is -0.967. The lowest BCUT2D eigenvalue weighted by Crippen LogP contribution is -2.50. The zero-order valence-corrected chi connectivity index (χ0v) is 11.5. The Morgan fingerprint density at radius 1 is 1.55 bits per heavy atom. The number of anilines is 1. The topological polar surface area (TPSA) is 96.5 Å². The summed E-state index contributed by atoms with van der Waals surface area (Å²) in [5.74, 6) is -1.02. The standard InChI is InChI=1S/C14H19N3O3/c1-2-9-5-7-17(11(8-9)14(19)20)13(18)12-10(15)4-3-6-16-12/h3-4,6,9,11H,2,5,7-8,15H2,1H3,(H,19,20). The van der Waals surface area contributed by atoms with Crippen LogP contribution in [0.2, 0.25) is 0 Å². The van der Waals surface area contributed by atoms with Crippen molar-refractivity contribution in [3.05, 3.63) is 24.0 Å². The van der Waals surface area contributed by atoms with Gasteiger partial charge in [0, 0.05) is 12.7 Å². The summed E-state index contributed by atoms with van der Waals surface area (Å²) in [5, 5.41) is 9.34. The molecule has 3 N–H and O–H groups in total. The van der Waals surface area contributed by atoms with Crippen LogP contribution in [0.5, 0.6) is 0 Å². The molecule has 1 aromatic rings. The minimum absolute atomic E-state index is 0.133. The van der Waals surface area contributed by atoms with E-state index in [1.54, 1.807) is 12.1 Å². The first-order valence-electron chi connectivity index (χ1n) is 6.78. The highest BCUT2D eigenvalue weighted by Crippen LogP contribution is 2.27. The van der Waals surface area contributed by atoms with Gasteiger partial charge in [0.05, 0.1) is 5.69 Å². The van der Waals surface area contributed by atoms with Crippen LogP contribution in [0.4, 0.5) is 5.69 Å². The van der Waals surface area contributed by atoms with Gasteiger partial charge in [-0.25, -0.2) is 9.78 Å². The summed E-state index contributed by atoms with van der Waals surface area (Å²) >= 11 is 0. The highest BCUT2D eigenvalue weighted by molar-refractivity contribution is 5.99. The van der Waals surface area contributed by atoms with Gasteiger partial charge < -0.3 is 15.7 Å². The van der Waals surface area contributed by atoms with Crippen molar-refractivity contribution in [2.45, 2.75) is 32.2 Å². The number of carbonyl (C=O) groups excluding carboxylic acids is 1. The number of nitrogens with two attached hydrogens (primary N) is 1. The molecule has 6 nitrogen and oxygen atoms in total. The Kier molecular flexibility index (Phi) is 4.22. The second-order valence-electron chi connectivity index (χ2n) is 5.09. The number of hydrogen-bond donors (Lipinski definition) is 2. The fourth-order valence-electron chi connectivity index (χ4n) is 2.62. The van der Waals surface area contributed by atoms with Crippen LogP contribution in [-0.4, -0.2) is 39.5 Å². The highest BCUT2D eigenvalue weighted by atomic mass is 16.4. The number of aromatic nitrogens is 1. The third kappa shape index (κ3) is 2.74. The van der Waals surface area contributed by atoms with Crippen LogP contribution in [-0.2, 0) is 4.79 Å². The van der Waals surface area contributed by atoms with Crippen molar-refractivity contribution < 1.29 is 14.7 Å². The predicted molar refractivity (Wildman–Crippen MR) is 74.1 cm³/mol. The van der Waals surface area contributed by atoms with E-state index in [-0.39, 0.29) is 11.4 Å². The monoisotopic (exact) mass is 277 g/mol. The number of hydrogen-bond acceptors (Lipinski definition) is 4. The summed E-state index contributed by atoms with van der Waals surface area (Å²) in [5.41, 5.74) is 6.16. The molecule has 2 unspecified atom stereocenters. The molecule has 0 bridgehead atoms. The van der Waals surface area contributed by atoms with Crippen LogP contribution >= 0.6 is 0 Å². The summed E-state index contributed by atoms with van der Waals surface area (Å²) < 4.78 is 0. The van der Waals surface area contributed by atoms with E-state index >= 15 is 0 Å². The SMILES string of the molecule is CCC1CCN(C(=O)c2ncccc2N)C(C(=O)O)C1. The molecule has 0 aliphatic carbocycles. The van der Waals surface area contributed by atoms with Crippen LogP contribution in [0.25, 0.3) is 0 Å². The van der Waals surface area contributed by atoms with Crippen LogP contribution in [0.3, 0.4) is 0 Å². The molecule has 2 heterocycles. The van der Waals surface area contributed by atoms with Gasteiger partial charge in [-0.3, -0.25) is 4.79 Å². The van der Waals surface area contributed by atoms with Crippen LogP contribution in [0, 0.1) is 5.92 Å². The third-order valence-electron chi connectivity index (χ3n) is 3.88. The van der Waals surface area contributed by atoms with Crippen molar-refractivity contribution in [3.63, 3.8) is 0 Å². The van der Waals surface area contributed by atoms with Gasteiger partial charge in [0.15, 0.2) is 5.69 Å². The smallest absolute Gasteiger partial charge is 0.326 e. The molecule has 0 saturated carbocycles. The number of nitrogens with zero attached hydrogens (tertiary/aromatic N) is 2. The molecule has 0 radical (unpaired) electrons. The summed E-state index contributed by atoms with van der Waals surface area (Å²) in [4.78, 5) is 29.2. The van der Waals surface area contributed by atoms with E-state index in [1.165, 1.54) is 11.1 Å². The molecule has 6 heteroatoms. The van der Waals surface area contributed by atoms with Crippen molar-refractivity contribution in [2.24, 2.45) is 5.92 Å². The van der Waals surface area contributed by atoms with E-state index in [2.05, 4.69) is 4.98 Å². The Labute approximate surface area is 117 Å². The Bertz CT molecular complexity index is 518. The number of carboxylic acid groups (broad SMARTS) is 1. The van der Waals surface area contributed by atoms with Gasteiger partial charge in [0.25, 0.3) is 5.91 Å². The van der Waals surface area contributed by atoms with Gasteiger partial charge in [0.1, 0.15) is 6.04 Å². The zero-order chi connectivity index (χ0) is 14.7. The van der Waals surface area contributed by atoms with Crippen LogP contribution in [0.1, 0.15) is 36.7 Å². The lowest BCUT2D eigenvalue weighted by molar-refractivity contribution is -0.144. The number of amides is 1. The molecule has 1 aliphatic heterocycles. The van der Waals surface area contributed by atoms with Crippen molar-refractivity contribution in [1.82, 2.24) is 9.88 Å². The summed E-state index contributed by atoms with van der Waals surface area (Å²) in [6.07, 6.45) is 3.72. The summed E-state index contributed by atoms with van der Waals surface area (Å²) in [6.45, 7) is 2.47. The maximum Gasteiger partial charge on any atom is 0.326 e. The largest absolute Gasteiger partial charge is 0.480 e. The molecule has 1 saturated heterocycles. The summed E-state index contributed by atoms with van der Waals surface area (Å²) in [7, 11) is 0. The van der Waals surface area contributed by atoms with Crippen molar-refractivity contribution in [2.75, 3.05) is 12.3 Å². The minimum Gasteiger partial charge on any atom is -0.480 e. The van der Waals surface area contributed by atoms with Gasteiger partial charge in [-0.05, 0) is 30.9 Å². The first kappa shape index (κ1) is 14.3. The Hall–Kier alpha value is -2.11. The second kappa shape index (κ2) is 5.90. The molecule has 1 aliphatic rings. The fraction of sp³-hybridized carbons (Fsp3) is 0.500. The van der Waals surface area contributed by atoms with E-state index in [9.17, 15) is 14.7 Å². The average Bonchev–Trinajstić information content (AvgIpc) is 2.46. The second-order valence-corrected chi connectivity index (χ2v) is 5.09. The molecule has 1 aromatic heterocycles. The fourth-order valence-corrected chi connectivity index (χ4v) is 2.62. The lowest BCUT2D eigenvalue weighted by Gasteiger charge is -2.36. The number of likely N-dealkylation sites (tertiary alicyclic amines) is 1. The van der Waals surface area contributed by atoms with E-state index < -0.39 is 17.9 Å². The molecular formula is C14H19N3O3. The molecule has 0 aromatic carbocycles. The number of nitrogen functional groups attached to an aromatic ring is 1. The quantitative estimate of drug-likeness (QED) is 0.870. The Morgan fingerprint density at radius 3 is 2.90 bits per heavy atom. The molecule has 108 valence electrons. The first-order valence-corrected chi connectivity index (χ1v) is 6.78. The molecular weight excluding hydrogens is 258 g/mol. The third-order valence-corrected chi connectivity index (χ3v) is 3.88. The van der Waals surface area contributed by atoms with E-state index in [4.69, 9.17) is 5.73 Å². The first-order chi connectivity index (χ1) is 9.54. The summed E-state index contributed by atoms with van der Waals surface area (Å²) in [6, 6.07) is 2.45. The van der Waals surface area contributed by atoms with Crippen molar-refractivity contribution >= 4 is 17.6 Å². The van der Waals surface area contributed by atoms with E-state index in [1.807, 2.05) is 6.92 Å². The molecule has 2 atom stereocenters. The van der Waals surface area contributed by atoms with Crippen LogP contribution in [0.15, 0.2) is 18.3 Å². The maximum atomic E-state index is 12.5. The number of piperidine rings is 1. The Balaban J connectivity index is 2.24. The molecule has 1 fully saturated rings. The highest BCUT2D eigenvalue weighted by Gasteiger charge is 2.36. The molecule has 0 spiro atoms.